The van der Waals surface area contributed by atoms with E-state index in [0.29, 0.717) is 80.0 Å². The molecule has 1 saturated carbocycles. The number of amides is 2. The first kappa shape index (κ1) is 67.0. The number of aromatic nitrogens is 2. The lowest BCUT2D eigenvalue weighted by molar-refractivity contribution is -0.301. The molecule has 2 aromatic heterocycles. The number of hydrogen-bond acceptors (Lipinski definition) is 20. The highest BCUT2D eigenvalue weighted by molar-refractivity contribution is 5.94. The maximum atomic E-state index is 15.8. The number of hydrogen-bond donors (Lipinski definition) is 4. The number of anilines is 1. The predicted molar refractivity (Wildman–Crippen MR) is 321 cm³/mol. The number of cyclic esters (lactones) is 1. The Morgan fingerprint density at radius 1 is 0.989 bits per heavy atom. The number of rotatable bonds is 17. The zero-order valence-electron chi connectivity index (χ0n) is 52.5. The summed E-state index contributed by atoms with van der Waals surface area (Å²) in [6.07, 6.45) is -0.962. The second-order valence-corrected chi connectivity index (χ2v) is 24.7. The van der Waals surface area contributed by atoms with Crippen LogP contribution in [-0.4, -0.2) is 200 Å². The van der Waals surface area contributed by atoms with Crippen molar-refractivity contribution < 1.29 is 76.6 Å². The molecule has 2 amide bonds. The number of halogens is 1. The fourth-order valence-corrected chi connectivity index (χ4v) is 13.1. The molecule has 5 fully saturated rings. The Balaban J connectivity index is 1.01. The summed E-state index contributed by atoms with van der Waals surface area (Å²) in [6, 6.07) is 4.10. The van der Waals surface area contributed by atoms with Crippen molar-refractivity contribution in [3.8, 4) is 11.8 Å². The minimum Gasteiger partial charge on any atom is -0.477 e. The van der Waals surface area contributed by atoms with E-state index < -0.39 is 107 Å². The minimum absolute atomic E-state index is 0.0436. The largest absolute Gasteiger partial charge is 0.509 e. The Labute approximate surface area is 513 Å². The molecule has 25 heteroatoms. The molecule has 4 aliphatic heterocycles. The first-order valence-corrected chi connectivity index (χ1v) is 30.5. The number of benzene rings is 1. The summed E-state index contributed by atoms with van der Waals surface area (Å²) in [7, 11) is 6.75. The number of methoxy groups -OCH3 is 1. The molecule has 88 heavy (non-hydrogen) atoms. The quantitative estimate of drug-likeness (QED) is 0.0389. The zero-order chi connectivity index (χ0) is 63.9. The molecule has 14 atom stereocenters. The first-order chi connectivity index (χ1) is 41.8. The van der Waals surface area contributed by atoms with Crippen LogP contribution in [0.25, 0.3) is 10.9 Å². The molecule has 4 saturated heterocycles. The molecular formula is C63H87FN8O16. The van der Waals surface area contributed by atoms with E-state index in [0.717, 1.165) is 18.9 Å². The summed E-state index contributed by atoms with van der Waals surface area (Å²) < 4.78 is 62.0. The van der Waals surface area contributed by atoms with Gasteiger partial charge in [0.2, 0.25) is 5.43 Å². The number of alkyl carbamates (subject to hydrolysis) is 1. The monoisotopic (exact) mass is 1230 g/mol. The van der Waals surface area contributed by atoms with Crippen LogP contribution >= 0.6 is 0 Å². The number of aliphatic hydroxyl groups excluding tert-OH is 1. The van der Waals surface area contributed by atoms with Crippen molar-refractivity contribution in [2.45, 2.75) is 167 Å². The SMILES string of the molecule is CC[C@H]1OC(=O)[C@H](C)[C@@H](OC(=O)NCCCCN2CCN(c3cc4c(cc3F)c(=O)c(C(=O)O)cn4C3CC3)CC2)[C@H](C)[C@@H](O[C@@H]2O[C@H](C)C[C@H](N(C)C)[C@H]2O)[C@](C)(OC)C[C@@H](C)/C(=N\OCC#Cc2cncc(C(=O)NC)c2)[C@H](C)[C@H]2OC(=O)O[C@@]21C. The fraction of sp³-hybridized carbons (Fsp3) is 0.651. The molecule has 1 aliphatic carbocycles. The minimum atomic E-state index is -1.56. The van der Waals surface area contributed by atoms with Crippen molar-refractivity contribution in [2.24, 2.45) is 28.8 Å². The standard InChI is InChI=1S/C63H87FN8O16/c1-13-49-63(8)55(87-61(80)88-63)37(4)50(68-82-26-16-17-40-28-41(33-66-32-40)56(75)65-9)35(2)31-62(7,81-12)54(86-59-52(74)48(69(10)11)27-36(3)83-59)38(5)53(39(6)58(78)84-49)85-60(79)67-20-14-15-21-70-22-24-71(25-23-70)47-30-46-43(29-45(47)64)51(73)44(57(76)77)34-72(46)42-18-19-42/h28-30,32-39,42,48-49,52-55,59,74H,13-15,18-27,31H2,1-12H3,(H,65,75)(H,67,79)(H,76,77)/b68-50+/t35-,36-,37+,38+,39-,48+,49-,52-,53+,54-,55-,59+,62-,63-/m1/s1. The van der Waals surface area contributed by atoms with Crippen LogP contribution in [0.5, 0.6) is 0 Å². The number of ether oxygens (including phenoxy) is 7. The van der Waals surface area contributed by atoms with E-state index in [2.05, 4.69) is 37.5 Å². The van der Waals surface area contributed by atoms with Gasteiger partial charge in [0.15, 0.2) is 24.6 Å². The number of nitrogens with one attached hydrogen (secondary N) is 2. The van der Waals surface area contributed by atoms with Crippen molar-refractivity contribution in [3.63, 3.8) is 0 Å². The molecule has 3 aromatic rings. The van der Waals surface area contributed by atoms with Gasteiger partial charge in [0.1, 0.15) is 29.7 Å². The molecule has 4 N–H and O–H groups in total. The number of oxime groups is 1. The van der Waals surface area contributed by atoms with Gasteiger partial charge in [0.25, 0.3) is 5.91 Å². The summed E-state index contributed by atoms with van der Waals surface area (Å²) in [4.78, 5) is 95.7. The van der Waals surface area contributed by atoms with Gasteiger partial charge in [0.05, 0.1) is 46.2 Å². The van der Waals surface area contributed by atoms with Crippen molar-refractivity contribution in [1.82, 2.24) is 30.0 Å². The maximum absolute atomic E-state index is 15.8. The number of piperazine rings is 1. The average Bonchev–Trinajstić information content (AvgIpc) is 2.04. The van der Waals surface area contributed by atoms with Crippen LogP contribution in [0.3, 0.4) is 0 Å². The lowest BCUT2D eigenvalue weighted by atomic mass is 9.73. The van der Waals surface area contributed by atoms with Crippen LogP contribution in [-0.2, 0) is 42.8 Å². The number of aliphatic hydroxyl groups is 1. The number of likely N-dealkylation sites (N-methyl/N-ethyl adjacent to an activating group) is 1. The summed E-state index contributed by atoms with van der Waals surface area (Å²) in [5.74, 6) is -0.535. The van der Waals surface area contributed by atoms with Gasteiger partial charge in [0, 0.05) is 106 Å². The molecule has 0 unspecified atom stereocenters. The van der Waals surface area contributed by atoms with Gasteiger partial charge < -0.3 is 73.2 Å². The Morgan fingerprint density at radius 3 is 2.38 bits per heavy atom. The van der Waals surface area contributed by atoms with Gasteiger partial charge in [-0.25, -0.2) is 18.8 Å². The number of nitrogens with zero attached hydrogens (tertiary/aromatic N) is 6. The number of aromatic carboxylic acids is 1. The Morgan fingerprint density at radius 2 is 1.72 bits per heavy atom. The van der Waals surface area contributed by atoms with E-state index >= 15 is 4.39 Å². The summed E-state index contributed by atoms with van der Waals surface area (Å²) in [6.45, 7) is 17.2. The number of pyridine rings is 2. The molecule has 482 valence electrons. The van der Waals surface area contributed by atoms with Gasteiger partial charge >= 0.3 is 24.2 Å². The highest BCUT2D eigenvalue weighted by Gasteiger charge is 2.59. The molecule has 1 aromatic carbocycles. The number of carboxylic acid groups (broad SMARTS) is 1. The van der Waals surface area contributed by atoms with Crippen LogP contribution in [0.2, 0.25) is 0 Å². The Kier molecular flexibility index (Phi) is 21.8. The predicted octanol–water partition coefficient (Wildman–Crippen LogP) is 6.13. The van der Waals surface area contributed by atoms with E-state index in [1.54, 1.807) is 44.4 Å². The third-order valence-corrected chi connectivity index (χ3v) is 18.1. The number of carboxylic acids is 1. The van der Waals surface area contributed by atoms with Crippen LogP contribution in [0.4, 0.5) is 19.7 Å². The van der Waals surface area contributed by atoms with E-state index in [1.807, 2.05) is 51.6 Å². The van der Waals surface area contributed by atoms with Crippen LogP contribution in [0.1, 0.15) is 133 Å². The maximum Gasteiger partial charge on any atom is 0.509 e. The number of carbonyl (C=O) groups excluding carboxylic acids is 4. The fourth-order valence-electron chi connectivity index (χ4n) is 13.1. The van der Waals surface area contributed by atoms with E-state index in [1.165, 1.54) is 32.7 Å². The molecular weight excluding hydrogens is 1140 g/mol. The number of unbranched alkanes of at least 4 members (excludes halogenated alkanes) is 1. The molecule has 0 bridgehead atoms. The van der Waals surface area contributed by atoms with Gasteiger partial charge in [-0.05, 0) is 111 Å². The molecule has 8 rings (SSSR count). The Bertz CT molecular complexity index is 3180. The second-order valence-electron chi connectivity index (χ2n) is 24.7. The molecule has 0 radical (unpaired) electrons. The highest BCUT2D eigenvalue weighted by Crippen LogP contribution is 2.44. The van der Waals surface area contributed by atoms with Gasteiger partial charge in [-0.1, -0.05) is 44.7 Å². The lowest BCUT2D eigenvalue weighted by Crippen LogP contribution is -2.60. The smallest absolute Gasteiger partial charge is 0.477 e. The third-order valence-electron chi connectivity index (χ3n) is 18.1. The lowest BCUT2D eigenvalue weighted by Gasteiger charge is -2.48. The number of esters is 1. The van der Waals surface area contributed by atoms with Crippen molar-refractivity contribution in [1.29, 1.82) is 0 Å². The summed E-state index contributed by atoms with van der Waals surface area (Å²) >= 11 is 0. The molecule has 24 nitrogen and oxygen atoms in total. The van der Waals surface area contributed by atoms with Gasteiger partial charge in [-0.2, -0.15) is 0 Å². The molecule has 5 aliphatic rings. The van der Waals surface area contributed by atoms with Crippen molar-refractivity contribution >= 4 is 52.4 Å². The second kappa shape index (κ2) is 28.7. The summed E-state index contributed by atoms with van der Waals surface area (Å²) in [5, 5.41) is 31.8. The van der Waals surface area contributed by atoms with Crippen LogP contribution in [0.15, 0.2) is 46.7 Å². The van der Waals surface area contributed by atoms with Crippen LogP contribution in [0, 0.1) is 41.3 Å². The van der Waals surface area contributed by atoms with Crippen molar-refractivity contribution in [3.05, 3.63) is 69.5 Å². The van der Waals surface area contributed by atoms with E-state index in [4.69, 9.17) is 38.0 Å². The third kappa shape index (κ3) is 15.0. The highest BCUT2D eigenvalue weighted by atomic mass is 19.1. The Hall–Kier alpha value is -6.95. The van der Waals surface area contributed by atoms with Crippen LogP contribution < -0.4 is 21.0 Å². The first-order valence-electron chi connectivity index (χ1n) is 30.5. The molecule has 0 spiro atoms. The van der Waals surface area contributed by atoms with Gasteiger partial charge in [-0.15, -0.1) is 0 Å². The normalized spacial score (nSPS) is 31.1. The van der Waals surface area contributed by atoms with Crippen molar-refractivity contribution in [2.75, 3.05) is 79.0 Å². The number of carbonyl (C=O) groups is 5. The zero-order valence-corrected chi connectivity index (χ0v) is 52.5. The average molecular weight is 1230 g/mol. The molecule has 6 heterocycles. The van der Waals surface area contributed by atoms with E-state index in [9.17, 15) is 39.0 Å². The van der Waals surface area contributed by atoms with Gasteiger partial charge in [-0.3, -0.25) is 24.3 Å². The summed E-state index contributed by atoms with van der Waals surface area (Å²) in [5.41, 5.74) is -1.93. The topological polar surface area (TPSA) is 281 Å². The number of fused-ring (bicyclic) bond motifs is 2. The van der Waals surface area contributed by atoms with E-state index in [-0.39, 0.29) is 61.0 Å².